The first kappa shape index (κ1) is 13.1. The summed E-state index contributed by atoms with van der Waals surface area (Å²) in [7, 11) is 0. The van der Waals surface area contributed by atoms with Crippen molar-refractivity contribution in [2.75, 3.05) is 13.2 Å². The highest BCUT2D eigenvalue weighted by molar-refractivity contribution is 9.10. The summed E-state index contributed by atoms with van der Waals surface area (Å²) in [6.07, 6.45) is 3.64. The van der Waals surface area contributed by atoms with Crippen LogP contribution in [0.3, 0.4) is 0 Å². The molecule has 0 saturated heterocycles. The van der Waals surface area contributed by atoms with Crippen LogP contribution in [0.1, 0.15) is 5.56 Å². The van der Waals surface area contributed by atoms with E-state index in [1.54, 1.807) is 6.20 Å². The number of aromatic nitrogens is 1. The highest BCUT2D eigenvalue weighted by atomic mass is 79.9. The molecule has 0 fully saturated rings. The van der Waals surface area contributed by atoms with E-state index in [0.717, 1.165) is 23.3 Å². The Balaban J connectivity index is 1.65. The third-order valence-electron chi connectivity index (χ3n) is 2.40. The monoisotopic (exact) mass is 306 g/mol. The molecule has 2 rings (SSSR count). The molecule has 1 aromatic heterocycles. The van der Waals surface area contributed by atoms with E-state index < -0.39 is 0 Å². The maximum absolute atomic E-state index is 5.62. The lowest BCUT2D eigenvalue weighted by Crippen LogP contribution is -2.20. The minimum atomic E-state index is 0.650. The first-order chi connectivity index (χ1) is 8.84. The van der Waals surface area contributed by atoms with Crippen LogP contribution in [0.25, 0.3) is 0 Å². The number of hydrogen-bond acceptors (Lipinski definition) is 3. The number of rotatable bonds is 6. The number of halogens is 1. The fraction of sp³-hybridized carbons (Fsp3) is 0.214. The minimum Gasteiger partial charge on any atom is -0.492 e. The fourth-order valence-corrected chi connectivity index (χ4v) is 1.91. The van der Waals surface area contributed by atoms with Gasteiger partial charge in [-0.05, 0) is 29.8 Å². The van der Waals surface area contributed by atoms with Crippen molar-refractivity contribution in [3.05, 3.63) is 58.8 Å². The maximum Gasteiger partial charge on any atom is 0.120 e. The van der Waals surface area contributed by atoms with Crippen molar-refractivity contribution >= 4 is 15.9 Å². The fourth-order valence-electron chi connectivity index (χ4n) is 1.53. The van der Waals surface area contributed by atoms with Gasteiger partial charge >= 0.3 is 0 Å². The normalized spacial score (nSPS) is 10.3. The second kappa shape index (κ2) is 7.13. The Hall–Kier alpha value is -1.39. The summed E-state index contributed by atoms with van der Waals surface area (Å²) in [5.74, 6) is 0.882. The van der Waals surface area contributed by atoms with Gasteiger partial charge in [0.05, 0.1) is 0 Å². The minimum absolute atomic E-state index is 0.650. The van der Waals surface area contributed by atoms with E-state index in [0.29, 0.717) is 6.61 Å². The van der Waals surface area contributed by atoms with E-state index >= 15 is 0 Å². The number of hydrogen-bond donors (Lipinski definition) is 1. The van der Waals surface area contributed by atoms with Gasteiger partial charge in [0.2, 0.25) is 0 Å². The Morgan fingerprint density at radius 1 is 1.22 bits per heavy atom. The molecule has 0 aliphatic heterocycles. The van der Waals surface area contributed by atoms with Crippen molar-refractivity contribution in [2.45, 2.75) is 6.54 Å². The Labute approximate surface area is 115 Å². The molecule has 1 N–H and O–H groups in total. The standard InChI is InChI=1S/C14H15BrN2O/c15-13-4-1-5-14(9-13)18-8-7-17-11-12-3-2-6-16-10-12/h1-6,9-10,17H,7-8,11H2. The van der Waals surface area contributed by atoms with Gasteiger partial charge in [0.1, 0.15) is 12.4 Å². The van der Waals surface area contributed by atoms with E-state index in [1.807, 2.05) is 36.5 Å². The summed E-state index contributed by atoms with van der Waals surface area (Å²) in [5.41, 5.74) is 1.18. The average Bonchev–Trinajstić information content (AvgIpc) is 2.40. The lowest BCUT2D eigenvalue weighted by atomic mass is 10.3. The van der Waals surface area contributed by atoms with Crippen LogP contribution in [-0.4, -0.2) is 18.1 Å². The van der Waals surface area contributed by atoms with Crippen LogP contribution in [-0.2, 0) is 6.54 Å². The largest absolute Gasteiger partial charge is 0.492 e. The van der Waals surface area contributed by atoms with Crippen LogP contribution in [0.15, 0.2) is 53.3 Å². The highest BCUT2D eigenvalue weighted by Crippen LogP contribution is 2.17. The molecule has 18 heavy (non-hydrogen) atoms. The zero-order valence-corrected chi connectivity index (χ0v) is 11.6. The van der Waals surface area contributed by atoms with Gasteiger partial charge < -0.3 is 10.1 Å². The summed E-state index contributed by atoms with van der Waals surface area (Å²) >= 11 is 3.41. The predicted molar refractivity (Wildman–Crippen MR) is 75.6 cm³/mol. The third kappa shape index (κ3) is 4.47. The van der Waals surface area contributed by atoms with E-state index in [1.165, 1.54) is 5.56 Å². The summed E-state index contributed by atoms with van der Waals surface area (Å²) in [6, 6.07) is 11.8. The molecular formula is C14H15BrN2O. The maximum atomic E-state index is 5.62. The lowest BCUT2D eigenvalue weighted by molar-refractivity contribution is 0.313. The number of ether oxygens (including phenoxy) is 1. The van der Waals surface area contributed by atoms with Gasteiger partial charge in [-0.1, -0.05) is 28.1 Å². The zero-order chi connectivity index (χ0) is 12.6. The molecule has 0 radical (unpaired) electrons. The van der Waals surface area contributed by atoms with Crippen LogP contribution >= 0.6 is 15.9 Å². The van der Waals surface area contributed by atoms with Crippen LogP contribution in [0.4, 0.5) is 0 Å². The van der Waals surface area contributed by atoms with Gasteiger partial charge in [0.25, 0.3) is 0 Å². The molecule has 3 nitrogen and oxygen atoms in total. The van der Waals surface area contributed by atoms with Gasteiger partial charge in [0.15, 0.2) is 0 Å². The van der Waals surface area contributed by atoms with E-state index in [4.69, 9.17) is 4.74 Å². The SMILES string of the molecule is Brc1cccc(OCCNCc2cccnc2)c1. The van der Waals surface area contributed by atoms with Crippen LogP contribution in [0.5, 0.6) is 5.75 Å². The molecule has 0 bridgehead atoms. The van der Waals surface area contributed by atoms with Crippen LogP contribution in [0.2, 0.25) is 0 Å². The molecule has 0 amide bonds. The molecule has 2 aromatic rings. The molecule has 94 valence electrons. The summed E-state index contributed by atoms with van der Waals surface area (Å²) in [5, 5.41) is 3.31. The molecule has 0 unspecified atom stereocenters. The Morgan fingerprint density at radius 2 is 2.17 bits per heavy atom. The first-order valence-electron chi connectivity index (χ1n) is 5.82. The molecule has 0 aliphatic carbocycles. The van der Waals surface area contributed by atoms with Crippen molar-refractivity contribution in [1.82, 2.24) is 10.3 Å². The number of pyridine rings is 1. The Kier molecular flexibility index (Phi) is 5.17. The number of nitrogens with one attached hydrogen (secondary N) is 1. The van der Waals surface area contributed by atoms with Crippen molar-refractivity contribution in [3.8, 4) is 5.75 Å². The molecule has 1 heterocycles. The third-order valence-corrected chi connectivity index (χ3v) is 2.89. The first-order valence-corrected chi connectivity index (χ1v) is 6.62. The Morgan fingerprint density at radius 3 is 2.94 bits per heavy atom. The molecule has 0 atom stereocenters. The van der Waals surface area contributed by atoms with E-state index in [9.17, 15) is 0 Å². The summed E-state index contributed by atoms with van der Waals surface area (Å²) in [4.78, 5) is 4.06. The quantitative estimate of drug-likeness (QED) is 0.833. The van der Waals surface area contributed by atoms with Gasteiger partial charge in [0, 0.05) is 30.0 Å². The number of benzene rings is 1. The van der Waals surface area contributed by atoms with Crippen molar-refractivity contribution in [3.63, 3.8) is 0 Å². The van der Waals surface area contributed by atoms with Gasteiger partial charge in [-0.25, -0.2) is 0 Å². The van der Waals surface area contributed by atoms with Crippen molar-refractivity contribution in [2.24, 2.45) is 0 Å². The molecule has 0 aliphatic rings. The summed E-state index contributed by atoms with van der Waals surface area (Å²) < 4.78 is 6.65. The lowest BCUT2D eigenvalue weighted by Gasteiger charge is -2.07. The topological polar surface area (TPSA) is 34.1 Å². The van der Waals surface area contributed by atoms with Gasteiger partial charge in [-0.2, -0.15) is 0 Å². The van der Waals surface area contributed by atoms with Crippen LogP contribution in [0, 0.1) is 0 Å². The van der Waals surface area contributed by atoms with Gasteiger partial charge in [-0.3, -0.25) is 4.98 Å². The number of nitrogens with zero attached hydrogens (tertiary/aromatic N) is 1. The second-order valence-electron chi connectivity index (χ2n) is 3.84. The van der Waals surface area contributed by atoms with E-state index in [-0.39, 0.29) is 0 Å². The summed E-state index contributed by atoms with van der Waals surface area (Å²) in [6.45, 7) is 2.27. The molecule has 0 spiro atoms. The predicted octanol–water partition coefficient (Wildman–Crippen LogP) is 3.01. The average molecular weight is 307 g/mol. The molecular weight excluding hydrogens is 292 g/mol. The van der Waals surface area contributed by atoms with E-state index in [2.05, 4.69) is 32.3 Å². The molecule has 4 heteroatoms. The highest BCUT2D eigenvalue weighted by Gasteiger charge is 1.95. The van der Waals surface area contributed by atoms with Crippen molar-refractivity contribution < 1.29 is 4.74 Å². The Bertz CT molecular complexity index is 476. The van der Waals surface area contributed by atoms with Crippen LogP contribution < -0.4 is 10.1 Å². The zero-order valence-electron chi connectivity index (χ0n) is 9.97. The molecule has 0 saturated carbocycles. The smallest absolute Gasteiger partial charge is 0.120 e. The van der Waals surface area contributed by atoms with Crippen molar-refractivity contribution in [1.29, 1.82) is 0 Å². The van der Waals surface area contributed by atoms with Gasteiger partial charge in [-0.15, -0.1) is 0 Å². The second-order valence-corrected chi connectivity index (χ2v) is 4.76. The molecule has 1 aromatic carbocycles.